The number of nitrogens with two attached hydrogens (primary N) is 1. The Kier molecular flexibility index (Phi) is 4.43. The van der Waals surface area contributed by atoms with Crippen LogP contribution in [0.5, 0.6) is 0 Å². The number of nitro benzene ring substituents is 1. The molecule has 0 aliphatic heterocycles. The standard InChI is InChI=1S/C8H8N4O4S/c9-8(17(15)16)11-10-5-6-1-3-7(4-2-6)12(13)14/h1-5H,(H2,9,11)(H,15,16)/b10-5+. The van der Waals surface area contributed by atoms with Crippen molar-refractivity contribution < 1.29 is 13.7 Å². The molecule has 0 aromatic heterocycles. The molecule has 0 fully saturated rings. The summed E-state index contributed by atoms with van der Waals surface area (Å²) in [6.07, 6.45) is 1.25. The molecular formula is C8H8N4O4S. The van der Waals surface area contributed by atoms with Crippen LogP contribution in [0.25, 0.3) is 0 Å². The van der Waals surface area contributed by atoms with Gasteiger partial charge in [-0.25, -0.2) is 4.21 Å². The van der Waals surface area contributed by atoms with Crippen LogP contribution in [-0.2, 0) is 11.1 Å². The minimum atomic E-state index is -2.35. The quantitative estimate of drug-likeness (QED) is 0.266. The van der Waals surface area contributed by atoms with Gasteiger partial charge in [0.15, 0.2) is 0 Å². The van der Waals surface area contributed by atoms with Crippen molar-refractivity contribution in [2.24, 2.45) is 15.9 Å². The molecule has 17 heavy (non-hydrogen) atoms. The number of rotatable bonds is 3. The third-order valence-corrected chi connectivity index (χ3v) is 2.09. The maximum absolute atomic E-state index is 10.4. The summed E-state index contributed by atoms with van der Waals surface area (Å²) in [5.41, 5.74) is 5.55. The van der Waals surface area contributed by atoms with E-state index in [0.717, 1.165) is 0 Å². The minimum absolute atomic E-state index is 0.0402. The maximum atomic E-state index is 10.4. The first-order chi connectivity index (χ1) is 8.00. The van der Waals surface area contributed by atoms with Gasteiger partial charge >= 0.3 is 0 Å². The molecule has 0 aliphatic rings. The van der Waals surface area contributed by atoms with Crippen molar-refractivity contribution in [3.05, 3.63) is 39.9 Å². The molecule has 0 spiro atoms. The lowest BCUT2D eigenvalue weighted by atomic mass is 10.2. The van der Waals surface area contributed by atoms with Crippen molar-refractivity contribution in [2.45, 2.75) is 0 Å². The maximum Gasteiger partial charge on any atom is 0.269 e. The molecule has 0 amide bonds. The molecule has 90 valence electrons. The number of hydrogen-bond acceptors (Lipinski definition) is 5. The molecule has 8 nitrogen and oxygen atoms in total. The van der Waals surface area contributed by atoms with E-state index in [1.165, 1.54) is 30.5 Å². The van der Waals surface area contributed by atoms with E-state index in [2.05, 4.69) is 10.2 Å². The number of hydrogen-bond donors (Lipinski definition) is 2. The Morgan fingerprint density at radius 2 is 2.06 bits per heavy atom. The van der Waals surface area contributed by atoms with Crippen LogP contribution in [0.2, 0.25) is 0 Å². The van der Waals surface area contributed by atoms with E-state index in [9.17, 15) is 14.3 Å². The van der Waals surface area contributed by atoms with E-state index in [0.29, 0.717) is 5.56 Å². The number of nitro groups is 1. The summed E-state index contributed by atoms with van der Waals surface area (Å²) >= 11 is -2.35. The molecule has 0 bridgehead atoms. The summed E-state index contributed by atoms with van der Waals surface area (Å²) in [7, 11) is 0. The molecule has 0 aliphatic carbocycles. The predicted octanol–water partition coefficient (Wildman–Crippen LogP) is 0.465. The Balaban J connectivity index is 2.76. The molecule has 1 rings (SSSR count). The third-order valence-electron chi connectivity index (χ3n) is 1.65. The van der Waals surface area contributed by atoms with Crippen LogP contribution in [0.4, 0.5) is 5.69 Å². The van der Waals surface area contributed by atoms with Crippen molar-refractivity contribution in [3.8, 4) is 0 Å². The fraction of sp³-hybridized carbons (Fsp3) is 0. The topological polar surface area (TPSA) is 131 Å². The van der Waals surface area contributed by atoms with Crippen LogP contribution in [0.3, 0.4) is 0 Å². The summed E-state index contributed by atoms with van der Waals surface area (Å²) in [5.74, 6) is 0. The van der Waals surface area contributed by atoms with Gasteiger partial charge in [-0.15, -0.1) is 5.10 Å². The molecule has 1 unspecified atom stereocenters. The Bertz CT molecular complexity index is 497. The van der Waals surface area contributed by atoms with Crippen molar-refractivity contribution in [3.63, 3.8) is 0 Å². The Hall–Kier alpha value is -2.13. The monoisotopic (exact) mass is 256 g/mol. The molecule has 9 heteroatoms. The van der Waals surface area contributed by atoms with Crippen molar-refractivity contribution in [1.82, 2.24) is 0 Å². The van der Waals surface area contributed by atoms with Gasteiger partial charge in [-0.1, -0.05) is 0 Å². The first kappa shape index (κ1) is 12.9. The van der Waals surface area contributed by atoms with Gasteiger partial charge in [-0.2, -0.15) is 5.10 Å². The van der Waals surface area contributed by atoms with Crippen molar-refractivity contribution in [2.75, 3.05) is 0 Å². The van der Waals surface area contributed by atoms with E-state index in [-0.39, 0.29) is 5.69 Å². The average Bonchev–Trinajstić information content (AvgIpc) is 2.29. The van der Waals surface area contributed by atoms with Crippen molar-refractivity contribution in [1.29, 1.82) is 0 Å². The predicted molar refractivity (Wildman–Crippen MR) is 63.1 cm³/mol. The van der Waals surface area contributed by atoms with Crippen LogP contribution in [0.1, 0.15) is 5.56 Å². The molecule has 3 N–H and O–H groups in total. The lowest BCUT2D eigenvalue weighted by Crippen LogP contribution is -2.16. The van der Waals surface area contributed by atoms with Gasteiger partial charge in [0.2, 0.25) is 16.2 Å². The lowest BCUT2D eigenvalue weighted by Gasteiger charge is -1.92. The highest BCUT2D eigenvalue weighted by molar-refractivity contribution is 7.95. The zero-order chi connectivity index (χ0) is 12.8. The first-order valence-corrected chi connectivity index (χ1v) is 5.33. The van der Waals surface area contributed by atoms with E-state index >= 15 is 0 Å². The van der Waals surface area contributed by atoms with Crippen LogP contribution in [0, 0.1) is 10.1 Å². The van der Waals surface area contributed by atoms with Gasteiger partial charge < -0.3 is 5.73 Å². The average molecular weight is 256 g/mol. The Morgan fingerprint density at radius 3 is 2.53 bits per heavy atom. The highest BCUT2D eigenvalue weighted by Gasteiger charge is 2.02. The number of amidine groups is 1. The normalized spacial score (nSPS) is 13.8. The molecule has 0 radical (unpaired) electrons. The van der Waals surface area contributed by atoms with E-state index in [1.807, 2.05) is 0 Å². The van der Waals surface area contributed by atoms with Crippen LogP contribution >= 0.6 is 0 Å². The highest BCUT2D eigenvalue weighted by Crippen LogP contribution is 2.10. The second-order valence-electron chi connectivity index (χ2n) is 2.78. The smallest absolute Gasteiger partial charge is 0.269 e. The van der Waals surface area contributed by atoms with E-state index in [4.69, 9.17) is 10.3 Å². The second kappa shape index (κ2) is 5.82. The van der Waals surface area contributed by atoms with Gasteiger partial charge in [0.05, 0.1) is 11.1 Å². The summed E-state index contributed by atoms with van der Waals surface area (Å²) in [6, 6.07) is 5.53. The fourth-order valence-corrected chi connectivity index (χ4v) is 0.986. The molecule has 1 aromatic rings. The summed E-state index contributed by atoms with van der Waals surface area (Å²) < 4.78 is 18.9. The number of non-ortho nitro benzene ring substituents is 1. The van der Waals surface area contributed by atoms with Crippen LogP contribution in [0.15, 0.2) is 34.5 Å². The van der Waals surface area contributed by atoms with E-state index in [1.54, 1.807) is 0 Å². The molecule has 1 aromatic carbocycles. The second-order valence-corrected chi connectivity index (χ2v) is 3.70. The van der Waals surface area contributed by atoms with Crippen molar-refractivity contribution >= 4 is 28.2 Å². The van der Waals surface area contributed by atoms with E-state index < -0.39 is 21.2 Å². The molecule has 0 saturated carbocycles. The minimum Gasteiger partial charge on any atom is -0.373 e. The third kappa shape index (κ3) is 4.09. The van der Waals surface area contributed by atoms with Gasteiger partial charge in [0.25, 0.3) is 5.69 Å². The Labute approximate surface area is 98.3 Å². The Morgan fingerprint density at radius 1 is 1.47 bits per heavy atom. The largest absolute Gasteiger partial charge is 0.373 e. The first-order valence-electron chi connectivity index (χ1n) is 4.22. The van der Waals surface area contributed by atoms with Gasteiger partial charge in [-0.05, 0) is 17.7 Å². The fourth-order valence-electron chi connectivity index (χ4n) is 0.869. The lowest BCUT2D eigenvalue weighted by molar-refractivity contribution is -0.384. The zero-order valence-corrected chi connectivity index (χ0v) is 9.20. The number of nitrogens with zero attached hydrogens (tertiary/aromatic N) is 3. The van der Waals surface area contributed by atoms with Crippen LogP contribution < -0.4 is 5.73 Å². The molecule has 0 heterocycles. The highest BCUT2D eigenvalue weighted by atomic mass is 32.2. The molecule has 1 atom stereocenters. The van der Waals surface area contributed by atoms with Gasteiger partial charge in [-0.3, -0.25) is 14.7 Å². The molecule has 0 saturated heterocycles. The molecular weight excluding hydrogens is 248 g/mol. The summed E-state index contributed by atoms with van der Waals surface area (Å²) in [5, 5.41) is 16.5. The van der Waals surface area contributed by atoms with Gasteiger partial charge in [0.1, 0.15) is 0 Å². The summed E-state index contributed by atoms with van der Waals surface area (Å²) in [4.78, 5) is 9.84. The summed E-state index contributed by atoms with van der Waals surface area (Å²) in [6.45, 7) is 0. The number of benzene rings is 1. The SMILES string of the molecule is N/C(=N\N=C\c1ccc([N+](=O)[O-])cc1)S(=O)O. The zero-order valence-electron chi connectivity index (χ0n) is 8.39. The van der Waals surface area contributed by atoms with Gasteiger partial charge in [0, 0.05) is 12.1 Å². The van der Waals surface area contributed by atoms with Crippen LogP contribution in [-0.4, -0.2) is 25.1 Å².